The predicted molar refractivity (Wildman–Crippen MR) is 125 cm³/mol. The van der Waals surface area contributed by atoms with Crippen molar-refractivity contribution in [3.05, 3.63) is 0 Å². The van der Waals surface area contributed by atoms with Crippen molar-refractivity contribution in [2.75, 3.05) is 39.5 Å². The van der Waals surface area contributed by atoms with E-state index in [4.69, 9.17) is 9.47 Å². The highest BCUT2D eigenvalue weighted by molar-refractivity contribution is 5.80. The molecule has 5 fully saturated rings. The third kappa shape index (κ3) is 5.58. The molecule has 0 aromatic heterocycles. The van der Waals surface area contributed by atoms with E-state index in [0.717, 1.165) is 32.8 Å². The van der Waals surface area contributed by atoms with Crippen molar-refractivity contribution in [3.63, 3.8) is 0 Å². The Morgan fingerprint density at radius 3 is 2.58 bits per heavy atom. The fourth-order valence-corrected chi connectivity index (χ4v) is 7.20. The highest BCUT2D eigenvalue weighted by Crippen LogP contribution is 2.41. The summed E-state index contributed by atoms with van der Waals surface area (Å²) in [5.41, 5.74) is 0. The third-order valence-corrected chi connectivity index (χ3v) is 9.25. The lowest BCUT2D eigenvalue weighted by Gasteiger charge is -2.39. The topological polar surface area (TPSA) is 91.3 Å². The number of ether oxygens (including phenoxy) is 2. The Morgan fingerprint density at radius 1 is 1.00 bits per heavy atom. The van der Waals surface area contributed by atoms with Gasteiger partial charge in [-0.2, -0.15) is 0 Å². The van der Waals surface area contributed by atoms with Gasteiger partial charge in [0.15, 0.2) is 0 Å². The minimum atomic E-state index is -0.823. The van der Waals surface area contributed by atoms with Gasteiger partial charge in [0.1, 0.15) is 0 Å². The standard InChI is InChI=1S/C26H44N2O5/c29-21-9-23(30)25(24(10-21)33-14-17-5-2-1-3-6-17)26(31)28-12-19-8-4-7-18(22(19)13-28)11-27-20-15-32-16-20/h17-25,27,29-30H,1-16H2. The van der Waals surface area contributed by atoms with Crippen LogP contribution in [0.2, 0.25) is 0 Å². The van der Waals surface area contributed by atoms with Crippen LogP contribution in [-0.4, -0.2) is 84.8 Å². The van der Waals surface area contributed by atoms with E-state index in [2.05, 4.69) is 5.32 Å². The van der Waals surface area contributed by atoms with Crippen LogP contribution in [0.1, 0.15) is 64.2 Å². The van der Waals surface area contributed by atoms with Gasteiger partial charge in [0.2, 0.25) is 5.91 Å². The first-order chi connectivity index (χ1) is 16.1. The first kappa shape index (κ1) is 24.0. The van der Waals surface area contributed by atoms with Crippen LogP contribution in [-0.2, 0) is 14.3 Å². The average Bonchev–Trinajstić information content (AvgIpc) is 3.22. The summed E-state index contributed by atoms with van der Waals surface area (Å²) < 4.78 is 11.6. The van der Waals surface area contributed by atoms with Crippen LogP contribution in [0, 0.1) is 29.6 Å². The summed E-state index contributed by atoms with van der Waals surface area (Å²) in [7, 11) is 0. The molecule has 0 aromatic carbocycles. The van der Waals surface area contributed by atoms with Crippen molar-refractivity contribution in [3.8, 4) is 0 Å². The second-order valence-electron chi connectivity index (χ2n) is 11.6. The van der Waals surface area contributed by atoms with Gasteiger partial charge in [0, 0.05) is 32.5 Å². The Hall–Kier alpha value is -0.730. The number of nitrogens with one attached hydrogen (secondary N) is 1. The molecule has 188 valence electrons. The summed E-state index contributed by atoms with van der Waals surface area (Å²) >= 11 is 0. The fraction of sp³-hybridized carbons (Fsp3) is 0.962. The summed E-state index contributed by atoms with van der Waals surface area (Å²) in [6.45, 7) is 4.92. The van der Waals surface area contributed by atoms with Crippen LogP contribution < -0.4 is 5.32 Å². The zero-order chi connectivity index (χ0) is 22.8. The minimum Gasteiger partial charge on any atom is -0.393 e. The SMILES string of the molecule is O=C(C1C(O)CC(O)CC1OCC1CCCCC1)N1CC2CCCC(CNC3COC3)C2C1. The molecular formula is C26H44N2O5. The van der Waals surface area contributed by atoms with Crippen LogP contribution in [0.3, 0.4) is 0 Å². The van der Waals surface area contributed by atoms with Gasteiger partial charge < -0.3 is 29.9 Å². The largest absolute Gasteiger partial charge is 0.393 e. The molecule has 3 aliphatic carbocycles. The Bertz CT molecular complexity index is 653. The quantitative estimate of drug-likeness (QED) is 0.534. The molecule has 3 saturated carbocycles. The average molecular weight is 465 g/mol. The van der Waals surface area contributed by atoms with E-state index in [1.165, 1.54) is 51.4 Å². The molecule has 0 aromatic rings. The van der Waals surface area contributed by atoms with E-state index in [-0.39, 0.29) is 18.4 Å². The Labute approximate surface area is 198 Å². The molecule has 0 spiro atoms. The number of aliphatic hydroxyl groups is 2. The third-order valence-electron chi connectivity index (χ3n) is 9.25. The maximum absolute atomic E-state index is 13.7. The van der Waals surface area contributed by atoms with E-state index in [1.807, 2.05) is 4.90 Å². The van der Waals surface area contributed by atoms with Crippen molar-refractivity contribution < 1.29 is 24.5 Å². The molecule has 5 rings (SSSR count). The van der Waals surface area contributed by atoms with Crippen LogP contribution >= 0.6 is 0 Å². The minimum absolute atomic E-state index is 0.0524. The molecule has 7 heteroatoms. The molecule has 2 saturated heterocycles. The fourth-order valence-electron chi connectivity index (χ4n) is 7.20. The van der Waals surface area contributed by atoms with Gasteiger partial charge in [0.25, 0.3) is 0 Å². The molecule has 1 amide bonds. The first-order valence-corrected chi connectivity index (χ1v) is 13.7. The number of rotatable bonds is 7. The molecule has 2 aliphatic heterocycles. The molecule has 3 N–H and O–H groups in total. The van der Waals surface area contributed by atoms with Crippen molar-refractivity contribution in [1.82, 2.24) is 10.2 Å². The molecule has 5 aliphatic rings. The number of nitrogens with zero attached hydrogens (tertiary/aromatic N) is 1. The molecule has 2 heterocycles. The number of hydrogen-bond acceptors (Lipinski definition) is 6. The summed E-state index contributed by atoms with van der Waals surface area (Å²) in [4.78, 5) is 15.8. The van der Waals surface area contributed by atoms with Crippen molar-refractivity contribution in [1.29, 1.82) is 0 Å². The highest BCUT2D eigenvalue weighted by Gasteiger charge is 2.48. The van der Waals surface area contributed by atoms with Gasteiger partial charge in [-0.1, -0.05) is 25.7 Å². The molecule has 7 unspecified atom stereocenters. The van der Waals surface area contributed by atoms with Gasteiger partial charge in [-0.15, -0.1) is 0 Å². The Balaban J connectivity index is 1.20. The number of carbonyl (C=O) groups excluding carboxylic acids is 1. The summed E-state index contributed by atoms with van der Waals surface area (Å²) in [6.07, 6.45) is 8.80. The number of hydrogen-bond donors (Lipinski definition) is 3. The highest BCUT2D eigenvalue weighted by atomic mass is 16.5. The van der Waals surface area contributed by atoms with Crippen LogP contribution in [0.5, 0.6) is 0 Å². The van der Waals surface area contributed by atoms with Gasteiger partial charge >= 0.3 is 0 Å². The van der Waals surface area contributed by atoms with E-state index in [1.54, 1.807) is 0 Å². The van der Waals surface area contributed by atoms with Gasteiger partial charge in [0.05, 0.1) is 43.5 Å². The Morgan fingerprint density at radius 2 is 1.82 bits per heavy atom. The summed E-state index contributed by atoms with van der Waals surface area (Å²) in [6, 6.07) is 0.496. The summed E-state index contributed by atoms with van der Waals surface area (Å²) in [5.74, 6) is 1.79. The van der Waals surface area contributed by atoms with Crippen LogP contribution in [0.4, 0.5) is 0 Å². The van der Waals surface area contributed by atoms with E-state index in [9.17, 15) is 15.0 Å². The number of aliphatic hydroxyl groups excluding tert-OH is 2. The monoisotopic (exact) mass is 464 g/mol. The lowest BCUT2D eigenvalue weighted by atomic mass is 9.74. The van der Waals surface area contributed by atoms with E-state index in [0.29, 0.717) is 42.7 Å². The van der Waals surface area contributed by atoms with Crippen molar-refractivity contribution in [2.24, 2.45) is 29.6 Å². The van der Waals surface area contributed by atoms with Gasteiger partial charge in [-0.05, 0) is 55.9 Å². The second-order valence-corrected chi connectivity index (χ2v) is 11.6. The molecule has 7 atom stereocenters. The summed E-state index contributed by atoms with van der Waals surface area (Å²) in [5, 5.41) is 24.8. The first-order valence-electron chi connectivity index (χ1n) is 13.7. The van der Waals surface area contributed by atoms with Crippen LogP contribution in [0.25, 0.3) is 0 Å². The maximum Gasteiger partial charge on any atom is 0.230 e. The number of fused-ring (bicyclic) bond motifs is 1. The predicted octanol–water partition coefficient (Wildman–Crippen LogP) is 1.95. The molecular weight excluding hydrogens is 420 g/mol. The number of carbonyl (C=O) groups is 1. The van der Waals surface area contributed by atoms with Crippen molar-refractivity contribution >= 4 is 5.91 Å². The number of amides is 1. The normalized spacial score (nSPS) is 40.4. The van der Waals surface area contributed by atoms with Gasteiger partial charge in [-0.25, -0.2) is 0 Å². The molecule has 33 heavy (non-hydrogen) atoms. The second kappa shape index (κ2) is 10.9. The van der Waals surface area contributed by atoms with Crippen LogP contribution in [0.15, 0.2) is 0 Å². The zero-order valence-electron chi connectivity index (χ0n) is 20.1. The lowest BCUT2D eigenvalue weighted by Crippen LogP contribution is -2.52. The van der Waals surface area contributed by atoms with E-state index >= 15 is 0 Å². The molecule has 7 nitrogen and oxygen atoms in total. The number of likely N-dealkylation sites (tertiary alicyclic amines) is 1. The smallest absolute Gasteiger partial charge is 0.230 e. The lowest BCUT2D eigenvalue weighted by molar-refractivity contribution is -0.158. The zero-order valence-corrected chi connectivity index (χ0v) is 20.1. The maximum atomic E-state index is 13.7. The molecule has 0 bridgehead atoms. The Kier molecular flexibility index (Phi) is 7.92. The molecule has 0 radical (unpaired) electrons. The van der Waals surface area contributed by atoms with E-state index < -0.39 is 18.1 Å². The van der Waals surface area contributed by atoms with Crippen molar-refractivity contribution in [2.45, 2.75) is 88.6 Å². The van der Waals surface area contributed by atoms with Gasteiger partial charge in [-0.3, -0.25) is 4.79 Å².